The van der Waals surface area contributed by atoms with E-state index in [0.29, 0.717) is 0 Å². The van der Waals surface area contributed by atoms with Crippen molar-refractivity contribution in [1.82, 2.24) is 0 Å². The number of carboxylic acid groups (broad SMARTS) is 1. The third-order valence-electron chi connectivity index (χ3n) is 0.984. The minimum atomic E-state index is -1.44. The number of carboxylic acids is 1. The summed E-state index contributed by atoms with van der Waals surface area (Å²) in [6.45, 7) is 1.48. The Bertz CT molecular complexity index is 162. The van der Waals surface area contributed by atoms with E-state index in [4.69, 9.17) is 10.8 Å². The molecule has 11 heavy (non-hydrogen) atoms. The van der Waals surface area contributed by atoms with Crippen LogP contribution < -0.4 is 5.73 Å². The summed E-state index contributed by atoms with van der Waals surface area (Å²) in [4.78, 5) is 20.8. The molecule has 0 aromatic carbocycles. The van der Waals surface area contributed by atoms with Gasteiger partial charge in [-0.3, -0.25) is 9.59 Å². The second-order valence-corrected chi connectivity index (χ2v) is 2.67. The molecule has 0 saturated carbocycles. The van der Waals surface area contributed by atoms with Crippen molar-refractivity contribution in [3.63, 3.8) is 0 Å². The van der Waals surface area contributed by atoms with Crippen molar-refractivity contribution in [2.75, 3.05) is 0 Å². The van der Waals surface area contributed by atoms with E-state index in [1.54, 1.807) is 0 Å². The van der Waals surface area contributed by atoms with Gasteiger partial charge in [0.1, 0.15) is 0 Å². The average Bonchev–Trinajstić information content (AvgIpc) is 1.84. The molecule has 68 valence electrons. The van der Waals surface area contributed by atoms with Crippen LogP contribution in [0.4, 0.5) is 0 Å². The molecule has 0 aromatic rings. The van der Waals surface area contributed by atoms with Crippen molar-refractivity contribution >= 4 is 24.4 Å². The van der Waals surface area contributed by atoms with Gasteiger partial charge in [0.25, 0.3) is 0 Å². The van der Waals surface area contributed by atoms with Crippen molar-refractivity contribution in [2.24, 2.45) is 5.73 Å². The van der Waals surface area contributed by atoms with Gasteiger partial charge < -0.3 is 10.8 Å². The molecule has 0 heterocycles. The smallest absolute Gasteiger partial charge is 0.480 e. The largest absolute Gasteiger partial charge is 1.00 e. The first-order chi connectivity index (χ1) is 4.46. The second kappa shape index (κ2) is 5.79. The van der Waals surface area contributed by atoms with Gasteiger partial charge in [0.15, 0.2) is 11.8 Å². The summed E-state index contributed by atoms with van der Waals surface area (Å²) in [6, 6.07) is -1.44. The van der Waals surface area contributed by atoms with E-state index in [1.165, 1.54) is 6.92 Å². The van der Waals surface area contributed by atoms with Gasteiger partial charge in [-0.05, 0) is 6.92 Å². The molecular formula is C5H9AgNO3S+. The number of hydrogen-bond donors (Lipinski definition) is 3. The van der Waals surface area contributed by atoms with Crippen molar-refractivity contribution < 1.29 is 37.1 Å². The normalized spacial score (nSPS) is 14.5. The van der Waals surface area contributed by atoms with Gasteiger partial charge in [-0.25, -0.2) is 0 Å². The van der Waals surface area contributed by atoms with Crippen LogP contribution in [0.25, 0.3) is 0 Å². The molecule has 0 aromatic heterocycles. The zero-order valence-electron chi connectivity index (χ0n) is 5.74. The minimum Gasteiger partial charge on any atom is -0.480 e. The van der Waals surface area contributed by atoms with Gasteiger partial charge in [-0.2, -0.15) is 12.6 Å². The molecule has 0 aliphatic heterocycles. The Labute approximate surface area is 85.4 Å². The number of carbonyl (C=O) groups excluding carboxylic acids is 1. The molecular weight excluding hydrogens is 262 g/mol. The third kappa shape index (κ3) is 4.60. The minimum absolute atomic E-state index is 0. The van der Waals surface area contributed by atoms with Crippen LogP contribution in [0.2, 0.25) is 0 Å². The van der Waals surface area contributed by atoms with Crippen LogP contribution in [0.5, 0.6) is 0 Å². The van der Waals surface area contributed by atoms with Crippen LogP contribution in [0.1, 0.15) is 6.92 Å². The van der Waals surface area contributed by atoms with Crippen LogP contribution in [0.3, 0.4) is 0 Å². The van der Waals surface area contributed by atoms with E-state index in [1.807, 2.05) is 0 Å². The van der Waals surface area contributed by atoms with Crippen molar-refractivity contribution in [3.05, 3.63) is 0 Å². The average molecular weight is 271 g/mol. The van der Waals surface area contributed by atoms with Crippen molar-refractivity contribution in [2.45, 2.75) is 18.2 Å². The van der Waals surface area contributed by atoms with E-state index in [-0.39, 0.29) is 22.4 Å². The molecule has 0 spiro atoms. The first kappa shape index (κ1) is 13.8. The Balaban J connectivity index is 0. The SMILES string of the molecule is CC(S)C(=O)C(N)C(=O)O.[Ag+]. The number of ketones is 1. The van der Waals surface area contributed by atoms with E-state index >= 15 is 0 Å². The standard InChI is InChI=1S/C5H9NO3S.Ag/c1-2(10)4(7)3(6)5(8)9;/h2-3,10H,6H2,1H3,(H,8,9);/q;+1. The summed E-state index contributed by atoms with van der Waals surface area (Å²) in [5.74, 6) is -1.89. The summed E-state index contributed by atoms with van der Waals surface area (Å²) in [6.07, 6.45) is 0. The number of nitrogens with two attached hydrogens (primary N) is 1. The molecule has 0 bridgehead atoms. The number of hydrogen-bond acceptors (Lipinski definition) is 4. The molecule has 0 amide bonds. The third-order valence-corrected chi connectivity index (χ3v) is 1.24. The van der Waals surface area contributed by atoms with Crippen LogP contribution in [-0.2, 0) is 32.0 Å². The molecule has 4 nitrogen and oxygen atoms in total. The number of aliphatic carboxylic acids is 1. The van der Waals surface area contributed by atoms with E-state index in [2.05, 4.69) is 12.6 Å². The molecule has 0 rings (SSSR count). The number of carbonyl (C=O) groups is 2. The Hall–Kier alpha value is 0.190. The Morgan fingerprint density at radius 2 is 1.91 bits per heavy atom. The second-order valence-electron chi connectivity index (χ2n) is 1.89. The maximum atomic E-state index is 10.7. The first-order valence-corrected chi connectivity index (χ1v) is 3.18. The van der Waals surface area contributed by atoms with Crippen LogP contribution in [0.15, 0.2) is 0 Å². The Morgan fingerprint density at radius 3 is 2.00 bits per heavy atom. The summed E-state index contributed by atoms with van der Waals surface area (Å²) < 4.78 is 0. The predicted molar refractivity (Wildman–Crippen MR) is 39.1 cm³/mol. The fraction of sp³-hybridized carbons (Fsp3) is 0.600. The fourth-order valence-electron chi connectivity index (χ4n) is 0.382. The molecule has 0 fully saturated rings. The van der Waals surface area contributed by atoms with Crippen molar-refractivity contribution in [3.8, 4) is 0 Å². The van der Waals surface area contributed by atoms with Crippen molar-refractivity contribution in [1.29, 1.82) is 0 Å². The molecule has 2 atom stereocenters. The van der Waals surface area contributed by atoms with Gasteiger partial charge in [0, 0.05) is 0 Å². The maximum absolute atomic E-state index is 10.7. The van der Waals surface area contributed by atoms with Crippen LogP contribution >= 0.6 is 12.6 Å². The van der Waals surface area contributed by atoms with Gasteiger partial charge in [-0.1, -0.05) is 0 Å². The molecule has 6 heteroatoms. The van der Waals surface area contributed by atoms with Crippen LogP contribution in [-0.4, -0.2) is 28.2 Å². The Morgan fingerprint density at radius 1 is 1.55 bits per heavy atom. The summed E-state index contributed by atoms with van der Waals surface area (Å²) in [5, 5.41) is 7.60. The molecule has 0 aliphatic rings. The molecule has 3 N–H and O–H groups in total. The number of rotatable bonds is 3. The van der Waals surface area contributed by atoms with E-state index in [0.717, 1.165) is 0 Å². The van der Waals surface area contributed by atoms with Gasteiger partial charge in [0.2, 0.25) is 0 Å². The van der Waals surface area contributed by atoms with Gasteiger partial charge in [0.05, 0.1) is 5.25 Å². The molecule has 0 radical (unpaired) electrons. The van der Waals surface area contributed by atoms with Crippen LogP contribution in [0, 0.1) is 0 Å². The topological polar surface area (TPSA) is 80.4 Å². The maximum Gasteiger partial charge on any atom is 1.00 e. The monoisotopic (exact) mass is 270 g/mol. The quantitative estimate of drug-likeness (QED) is 0.359. The van der Waals surface area contributed by atoms with Gasteiger partial charge >= 0.3 is 28.3 Å². The summed E-state index contributed by atoms with van der Waals surface area (Å²) >= 11 is 3.73. The molecule has 0 aliphatic carbocycles. The summed E-state index contributed by atoms with van der Waals surface area (Å²) in [5.41, 5.74) is 4.96. The summed E-state index contributed by atoms with van der Waals surface area (Å²) in [7, 11) is 0. The molecule has 0 saturated heterocycles. The first-order valence-electron chi connectivity index (χ1n) is 2.67. The number of thiol groups is 1. The fourth-order valence-corrected chi connectivity index (χ4v) is 0.542. The zero-order valence-corrected chi connectivity index (χ0v) is 8.12. The van der Waals surface area contributed by atoms with Gasteiger partial charge in [-0.15, -0.1) is 0 Å². The zero-order chi connectivity index (χ0) is 8.31. The predicted octanol–water partition coefficient (Wildman–Crippen LogP) is -0.717. The Kier molecular flexibility index (Phi) is 7.24. The number of Topliss-reactive ketones (excluding diaryl/α,β-unsaturated/α-hetero) is 1. The van der Waals surface area contributed by atoms with E-state index < -0.39 is 23.0 Å². The van der Waals surface area contributed by atoms with E-state index in [9.17, 15) is 9.59 Å². The molecule has 2 unspecified atom stereocenters.